The first-order chi connectivity index (χ1) is 5.05. The molecule has 0 aliphatic heterocycles. The lowest BCUT2D eigenvalue weighted by Crippen LogP contribution is -1.84. The van der Waals surface area contributed by atoms with Crippen LogP contribution >= 0.6 is 0 Å². The average Bonchev–Trinajstić information content (AvgIpc) is 2.31. The second-order valence-corrected chi connectivity index (χ2v) is 1.38. The zero-order chi connectivity index (χ0) is 8.48. The second-order valence-electron chi connectivity index (χ2n) is 1.38. The van der Waals surface area contributed by atoms with Gasteiger partial charge in [0.2, 0.25) is 0 Å². The fourth-order valence-corrected chi connectivity index (χ4v) is 0.442. The smallest absolute Gasteiger partial charge is 0.0926 e. The van der Waals surface area contributed by atoms with E-state index in [-0.39, 0.29) is 18.0 Å². The normalized spacial score (nSPS) is 16.9. The quantitative estimate of drug-likeness (QED) is 0.515. The first kappa shape index (κ1) is 2.64. The molecule has 0 atom stereocenters. The van der Waals surface area contributed by atoms with Crippen LogP contribution in [0.25, 0.3) is 0 Å². The third kappa shape index (κ3) is 0.721. The van der Waals surface area contributed by atoms with Crippen molar-refractivity contribution in [3.8, 4) is 0 Å². The molecule has 3 heteroatoms. The van der Waals surface area contributed by atoms with Crippen LogP contribution in [0.2, 0.25) is 0 Å². The summed E-state index contributed by atoms with van der Waals surface area (Å²) < 4.78 is 21.0. The molecular weight excluding hydrogens is 105 g/mol. The van der Waals surface area contributed by atoms with Gasteiger partial charge in [0.1, 0.15) is 0 Å². The van der Waals surface area contributed by atoms with Gasteiger partial charge in [0.15, 0.2) is 0 Å². The molecule has 0 amide bonds. The lowest BCUT2D eigenvalue weighted by Gasteiger charge is -1.85. The van der Waals surface area contributed by atoms with Gasteiger partial charge in [-0.2, -0.15) is 0 Å². The van der Waals surface area contributed by atoms with E-state index < -0.39 is 6.85 Å². The maximum absolute atomic E-state index is 8.64. The molecule has 0 saturated carbocycles. The Morgan fingerprint density at radius 1 is 2.12 bits per heavy atom. The highest BCUT2D eigenvalue weighted by Gasteiger charge is 1.94. The molecule has 44 valence electrons. The Hall–Kier alpha value is -0.830. The van der Waals surface area contributed by atoms with E-state index in [4.69, 9.17) is 9.22 Å². The van der Waals surface area contributed by atoms with Crippen molar-refractivity contribution >= 4 is 0 Å². The minimum Gasteiger partial charge on any atom is -0.390 e. The highest BCUT2D eigenvalue weighted by Crippen LogP contribution is 1.97. The van der Waals surface area contributed by atoms with Crippen LogP contribution in [0.1, 0.15) is 15.5 Å². The first-order valence-corrected chi connectivity index (χ1v) is 2.19. The minimum atomic E-state index is -2.21. The molecule has 0 aromatic carbocycles. The van der Waals surface area contributed by atoms with Crippen LogP contribution in [0.15, 0.2) is 6.33 Å². The molecule has 0 radical (unpaired) electrons. The molecule has 2 N–H and O–H groups in total. The largest absolute Gasteiger partial charge is 0.390 e. The van der Waals surface area contributed by atoms with Crippen LogP contribution in [-0.4, -0.2) is 15.1 Å². The van der Waals surface area contributed by atoms with Gasteiger partial charge >= 0.3 is 0 Å². The molecule has 0 aliphatic carbocycles. The van der Waals surface area contributed by atoms with E-state index in [1.807, 2.05) is 0 Å². The van der Waals surface area contributed by atoms with Crippen LogP contribution in [0.4, 0.5) is 0 Å². The molecule has 1 rings (SSSR count). The molecule has 0 fully saturated rings. The number of aromatic amines is 1. The zero-order valence-corrected chi connectivity index (χ0v) is 4.18. The highest BCUT2D eigenvalue weighted by atomic mass is 16.3. The van der Waals surface area contributed by atoms with E-state index in [1.165, 1.54) is 6.33 Å². The summed E-state index contributed by atoms with van der Waals surface area (Å²) in [5.74, 6) is 0. The highest BCUT2D eigenvalue weighted by molar-refractivity contribution is 5.06. The summed E-state index contributed by atoms with van der Waals surface area (Å²) in [6, 6.07) is 0. The van der Waals surface area contributed by atoms with Crippen molar-refractivity contribution in [1.29, 1.82) is 0 Å². The summed E-state index contributed by atoms with van der Waals surface area (Å²) in [5, 5.41) is 8.64. The van der Waals surface area contributed by atoms with Gasteiger partial charge in [-0.1, -0.05) is 0 Å². The predicted molar refractivity (Wildman–Crippen MR) is 29.2 cm³/mol. The van der Waals surface area contributed by atoms with Gasteiger partial charge in [0.25, 0.3) is 0 Å². The van der Waals surface area contributed by atoms with Gasteiger partial charge in [0.05, 0.1) is 18.6 Å². The molecule has 0 spiro atoms. The van der Waals surface area contributed by atoms with Crippen molar-refractivity contribution in [1.82, 2.24) is 9.97 Å². The Labute approximate surface area is 51.6 Å². The van der Waals surface area contributed by atoms with Gasteiger partial charge in [-0.15, -0.1) is 0 Å². The molecule has 3 nitrogen and oxygen atoms in total. The molecule has 0 unspecified atom stereocenters. The van der Waals surface area contributed by atoms with Crippen LogP contribution < -0.4 is 0 Å². The SMILES string of the molecule is [2H][13C]([2H])([2H])c1[nH]cnc1CO. The Kier molecular flexibility index (Phi) is 0.647. The standard InChI is InChI=1S/C5H8N2O/c1-4-5(2-8)7-3-6-4/h3,8H,2H2,1H3,(H,6,7)/i1+1D3. The summed E-state index contributed by atoms with van der Waals surface area (Å²) in [5.41, 5.74) is 0.199. The number of aryl methyl sites for hydroxylation is 1. The van der Waals surface area contributed by atoms with E-state index >= 15 is 0 Å². The number of aliphatic hydroxyl groups is 1. The summed E-state index contributed by atoms with van der Waals surface area (Å²) in [4.78, 5) is 6.10. The predicted octanol–water partition coefficient (Wildman–Crippen LogP) is 0.210. The third-order valence-corrected chi connectivity index (χ3v) is 0.868. The summed E-state index contributed by atoms with van der Waals surface area (Å²) in [7, 11) is 0. The summed E-state index contributed by atoms with van der Waals surface area (Å²) in [6.07, 6.45) is 1.26. The minimum absolute atomic E-state index is 0.0139. The van der Waals surface area contributed by atoms with Crippen LogP contribution in [-0.2, 0) is 6.61 Å². The number of rotatable bonds is 1. The van der Waals surface area contributed by atoms with Crippen molar-refractivity contribution in [2.45, 2.75) is 13.5 Å². The molecule has 0 saturated heterocycles. The van der Waals surface area contributed by atoms with Crippen molar-refractivity contribution in [2.24, 2.45) is 0 Å². The van der Waals surface area contributed by atoms with Crippen molar-refractivity contribution in [3.05, 3.63) is 17.7 Å². The number of nitrogens with zero attached hydrogens (tertiary/aromatic N) is 1. The fourth-order valence-electron chi connectivity index (χ4n) is 0.442. The van der Waals surface area contributed by atoms with E-state index in [2.05, 4.69) is 9.97 Å². The third-order valence-electron chi connectivity index (χ3n) is 0.868. The Balaban J connectivity index is 3.02. The first-order valence-electron chi connectivity index (χ1n) is 3.69. The Morgan fingerprint density at radius 2 is 3.00 bits per heavy atom. The monoisotopic (exact) mass is 116 g/mol. The van der Waals surface area contributed by atoms with E-state index in [0.29, 0.717) is 0 Å². The number of aromatic nitrogens is 2. The maximum atomic E-state index is 8.64. The Bertz CT molecular complexity index is 242. The maximum Gasteiger partial charge on any atom is 0.0926 e. The summed E-state index contributed by atoms with van der Waals surface area (Å²) >= 11 is 0. The van der Waals surface area contributed by atoms with Gasteiger partial charge in [0, 0.05) is 9.81 Å². The summed E-state index contributed by atoms with van der Waals surface area (Å²) in [6.45, 7) is -2.56. The fraction of sp³-hybridized carbons (Fsp3) is 0.400. The van der Waals surface area contributed by atoms with Crippen LogP contribution in [0, 0.1) is 6.85 Å². The molecule has 1 aromatic rings. The van der Waals surface area contributed by atoms with Gasteiger partial charge in [-0.05, 0) is 6.85 Å². The van der Waals surface area contributed by atoms with Crippen molar-refractivity contribution in [3.63, 3.8) is 0 Å². The van der Waals surface area contributed by atoms with Gasteiger partial charge < -0.3 is 10.1 Å². The topological polar surface area (TPSA) is 48.9 Å². The number of hydrogen-bond acceptors (Lipinski definition) is 2. The lowest BCUT2D eigenvalue weighted by atomic mass is 10.4. The van der Waals surface area contributed by atoms with Crippen molar-refractivity contribution in [2.75, 3.05) is 0 Å². The molecule has 1 heterocycles. The molecule has 8 heavy (non-hydrogen) atoms. The van der Waals surface area contributed by atoms with Gasteiger partial charge in [-0.3, -0.25) is 0 Å². The number of H-pyrrole nitrogens is 1. The van der Waals surface area contributed by atoms with E-state index in [9.17, 15) is 0 Å². The number of hydrogen-bond donors (Lipinski definition) is 2. The zero-order valence-electron chi connectivity index (χ0n) is 7.18. The van der Waals surface area contributed by atoms with E-state index in [1.54, 1.807) is 0 Å². The Morgan fingerprint density at radius 3 is 3.50 bits per heavy atom. The molecule has 1 aromatic heterocycles. The number of aliphatic hydroxyl groups excluding tert-OH is 1. The molecular formula is C5H8N2O. The number of nitrogens with one attached hydrogen (secondary N) is 1. The van der Waals surface area contributed by atoms with Crippen molar-refractivity contribution < 1.29 is 9.22 Å². The second kappa shape index (κ2) is 1.96. The number of imidazole rings is 1. The molecule has 0 aliphatic rings. The molecule has 0 bridgehead atoms. The van der Waals surface area contributed by atoms with Crippen LogP contribution in [0.3, 0.4) is 0 Å². The average molecular weight is 116 g/mol. The van der Waals surface area contributed by atoms with E-state index in [0.717, 1.165) is 0 Å². The van der Waals surface area contributed by atoms with Crippen LogP contribution in [0.5, 0.6) is 0 Å². The van der Waals surface area contributed by atoms with Gasteiger partial charge in [-0.25, -0.2) is 4.98 Å². The lowest BCUT2D eigenvalue weighted by molar-refractivity contribution is 0.276.